The fraction of sp³-hybridized carbons (Fsp3) is 0.185. The molecular formula is C27H24Cl4N4O. The van der Waals surface area contributed by atoms with Crippen molar-refractivity contribution in [2.45, 2.75) is 6.92 Å². The van der Waals surface area contributed by atoms with Gasteiger partial charge < -0.3 is 14.4 Å². The molecule has 3 heterocycles. The molecule has 1 fully saturated rings. The van der Waals surface area contributed by atoms with Crippen LogP contribution >= 0.6 is 47.2 Å². The van der Waals surface area contributed by atoms with Crippen molar-refractivity contribution in [3.05, 3.63) is 99.4 Å². The summed E-state index contributed by atoms with van der Waals surface area (Å²) in [5.74, 6) is 0.0101. The van der Waals surface area contributed by atoms with Crippen molar-refractivity contribution in [2.75, 3.05) is 31.1 Å². The van der Waals surface area contributed by atoms with Crippen LogP contribution in [-0.4, -0.2) is 46.5 Å². The molecule has 0 aliphatic carbocycles. The molecule has 0 bridgehead atoms. The van der Waals surface area contributed by atoms with E-state index >= 15 is 0 Å². The normalized spacial score (nSPS) is 13.4. The molecule has 2 aromatic carbocycles. The number of halogens is 4. The van der Waals surface area contributed by atoms with Gasteiger partial charge in [-0.05, 0) is 61.0 Å². The third-order valence-corrected chi connectivity index (χ3v) is 7.15. The minimum atomic E-state index is 0. The molecular weight excluding hydrogens is 538 g/mol. The van der Waals surface area contributed by atoms with E-state index in [-0.39, 0.29) is 18.3 Å². The Morgan fingerprint density at radius 3 is 2.11 bits per heavy atom. The Kier molecular flexibility index (Phi) is 8.16. The van der Waals surface area contributed by atoms with Crippen LogP contribution in [0.5, 0.6) is 0 Å². The lowest BCUT2D eigenvalue weighted by atomic mass is 10.1. The number of pyridine rings is 1. The molecule has 0 saturated carbocycles. The molecule has 1 amide bonds. The van der Waals surface area contributed by atoms with Crippen LogP contribution in [0.25, 0.3) is 16.9 Å². The van der Waals surface area contributed by atoms with Crippen molar-refractivity contribution in [3.8, 4) is 16.9 Å². The molecule has 1 saturated heterocycles. The van der Waals surface area contributed by atoms with Crippen LogP contribution in [0, 0.1) is 6.92 Å². The molecule has 5 nitrogen and oxygen atoms in total. The van der Waals surface area contributed by atoms with Crippen LogP contribution in [0.15, 0.2) is 73.1 Å². The maximum absolute atomic E-state index is 13.7. The van der Waals surface area contributed by atoms with Crippen molar-refractivity contribution in [1.29, 1.82) is 0 Å². The second-order valence-electron chi connectivity index (χ2n) is 8.45. The van der Waals surface area contributed by atoms with Crippen LogP contribution in [0.3, 0.4) is 0 Å². The van der Waals surface area contributed by atoms with Crippen LogP contribution < -0.4 is 4.90 Å². The van der Waals surface area contributed by atoms with E-state index in [1.165, 1.54) is 0 Å². The molecule has 4 aromatic rings. The Hall–Kier alpha value is -2.70. The van der Waals surface area contributed by atoms with Gasteiger partial charge in [-0.2, -0.15) is 0 Å². The minimum Gasteiger partial charge on any atom is -0.368 e. The van der Waals surface area contributed by atoms with E-state index < -0.39 is 0 Å². The maximum Gasteiger partial charge on any atom is 0.255 e. The van der Waals surface area contributed by atoms with E-state index in [1.54, 1.807) is 24.5 Å². The highest BCUT2D eigenvalue weighted by Gasteiger charge is 2.27. The average Bonchev–Trinajstić information content (AvgIpc) is 3.21. The lowest BCUT2D eigenvalue weighted by Gasteiger charge is -2.36. The van der Waals surface area contributed by atoms with E-state index in [4.69, 9.17) is 34.8 Å². The molecule has 0 spiro atoms. The van der Waals surface area contributed by atoms with Crippen LogP contribution in [0.2, 0.25) is 15.1 Å². The smallest absolute Gasteiger partial charge is 0.255 e. The Labute approximate surface area is 231 Å². The third-order valence-electron chi connectivity index (χ3n) is 6.36. The largest absolute Gasteiger partial charge is 0.368 e. The fourth-order valence-corrected chi connectivity index (χ4v) is 5.14. The first-order valence-electron chi connectivity index (χ1n) is 11.3. The van der Waals surface area contributed by atoms with Crippen molar-refractivity contribution >= 4 is 58.8 Å². The number of nitrogens with zero attached hydrogens (tertiary/aromatic N) is 4. The molecule has 5 rings (SSSR count). The molecule has 0 unspecified atom stereocenters. The van der Waals surface area contributed by atoms with Crippen molar-refractivity contribution in [3.63, 3.8) is 0 Å². The average molecular weight is 562 g/mol. The molecule has 0 N–H and O–H groups in total. The first-order valence-corrected chi connectivity index (χ1v) is 12.4. The van der Waals surface area contributed by atoms with Crippen molar-refractivity contribution in [2.24, 2.45) is 0 Å². The van der Waals surface area contributed by atoms with Crippen LogP contribution in [0.1, 0.15) is 16.1 Å². The van der Waals surface area contributed by atoms with Gasteiger partial charge in [-0.15, -0.1) is 12.4 Å². The first-order chi connectivity index (χ1) is 16.9. The molecule has 0 atom stereocenters. The third kappa shape index (κ3) is 5.21. The molecule has 0 radical (unpaired) electrons. The van der Waals surface area contributed by atoms with E-state index in [0.29, 0.717) is 33.7 Å². The Morgan fingerprint density at radius 1 is 0.833 bits per heavy atom. The van der Waals surface area contributed by atoms with E-state index in [9.17, 15) is 4.79 Å². The molecule has 36 heavy (non-hydrogen) atoms. The summed E-state index contributed by atoms with van der Waals surface area (Å²) in [5.41, 5.74) is 5.16. The number of piperazine rings is 1. The molecule has 186 valence electrons. The van der Waals surface area contributed by atoms with Crippen LogP contribution in [-0.2, 0) is 0 Å². The van der Waals surface area contributed by atoms with Gasteiger partial charge in [0.2, 0.25) is 0 Å². The number of amides is 1. The number of carbonyl (C=O) groups excluding carboxylic acids is 1. The number of carbonyl (C=O) groups is 1. The number of hydrogen-bond acceptors (Lipinski definition) is 3. The van der Waals surface area contributed by atoms with Gasteiger partial charge in [0, 0.05) is 60.0 Å². The van der Waals surface area contributed by atoms with Gasteiger partial charge in [-0.1, -0.05) is 46.9 Å². The Bertz CT molecular complexity index is 1360. The summed E-state index contributed by atoms with van der Waals surface area (Å²) in [4.78, 5) is 22.0. The Balaban J connectivity index is 0.00000304. The number of hydrogen-bond donors (Lipinski definition) is 0. The molecule has 1 aliphatic heterocycles. The van der Waals surface area contributed by atoms with E-state index in [1.807, 2.05) is 64.9 Å². The zero-order chi connectivity index (χ0) is 24.5. The quantitative estimate of drug-likeness (QED) is 0.265. The molecule has 9 heteroatoms. The van der Waals surface area contributed by atoms with Gasteiger partial charge in [0.05, 0.1) is 22.0 Å². The SMILES string of the molecule is Cc1c(C(=O)N2CCN(c3ccncc3)CC2)cc(-c2ccc(Cl)cc2)n1-c1ccc(Cl)cc1Cl.Cl. The van der Waals surface area contributed by atoms with Gasteiger partial charge in [0.15, 0.2) is 0 Å². The first kappa shape index (κ1) is 26.4. The molecule has 1 aliphatic rings. The fourth-order valence-electron chi connectivity index (χ4n) is 4.52. The van der Waals surface area contributed by atoms with E-state index in [0.717, 1.165) is 41.4 Å². The standard InChI is InChI=1S/C27H23Cl3N4O.ClH/c1-18-23(27(35)33-14-12-32(13-15-33)22-8-10-31-11-9-22)17-26(19-2-4-20(28)5-3-19)34(18)25-7-6-21(29)16-24(25)30;/h2-11,16-17H,12-15H2,1H3;1H. The van der Waals surface area contributed by atoms with Gasteiger partial charge in [-0.25, -0.2) is 0 Å². The predicted molar refractivity (Wildman–Crippen MR) is 151 cm³/mol. The zero-order valence-corrected chi connectivity index (χ0v) is 22.6. The number of benzene rings is 2. The van der Waals surface area contributed by atoms with E-state index in [2.05, 4.69) is 9.88 Å². The van der Waals surface area contributed by atoms with Gasteiger partial charge >= 0.3 is 0 Å². The highest BCUT2D eigenvalue weighted by atomic mass is 35.5. The summed E-state index contributed by atoms with van der Waals surface area (Å²) in [6.07, 6.45) is 3.58. The van der Waals surface area contributed by atoms with Gasteiger partial charge in [0.25, 0.3) is 5.91 Å². The zero-order valence-electron chi connectivity index (χ0n) is 19.5. The molecule has 2 aromatic heterocycles. The van der Waals surface area contributed by atoms with Crippen molar-refractivity contribution < 1.29 is 4.79 Å². The number of aromatic nitrogens is 2. The highest BCUT2D eigenvalue weighted by Crippen LogP contribution is 2.35. The summed E-state index contributed by atoms with van der Waals surface area (Å²) < 4.78 is 2.02. The van der Waals surface area contributed by atoms with Crippen LogP contribution in [0.4, 0.5) is 5.69 Å². The van der Waals surface area contributed by atoms with Gasteiger partial charge in [0.1, 0.15) is 0 Å². The number of rotatable bonds is 4. The predicted octanol–water partition coefficient (Wildman–Crippen LogP) is 7.19. The van der Waals surface area contributed by atoms with Gasteiger partial charge in [-0.3, -0.25) is 9.78 Å². The second kappa shape index (κ2) is 11.1. The topological polar surface area (TPSA) is 41.4 Å². The minimum absolute atomic E-state index is 0. The Morgan fingerprint density at radius 2 is 1.47 bits per heavy atom. The summed E-state index contributed by atoms with van der Waals surface area (Å²) in [6, 6.07) is 18.9. The number of anilines is 1. The highest BCUT2D eigenvalue weighted by molar-refractivity contribution is 6.35. The maximum atomic E-state index is 13.7. The second-order valence-corrected chi connectivity index (χ2v) is 9.73. The summed E-state index contributed by atoms with van der Waals surface area (Å²) in [5, 5.41) is 1.72. The summed E-state index contributed by atoms with van der Waals surface area (Å²) >= 11 is 18.9. The lowest BCUT2D eigenvalue weighted by Crippen LogP contribution is -2.48. The monoisotopic (exact) mass is 560 g/mol. The lowest BCUT2D eigenvalue weighted by molar-refractivity contribution is 0.0746. The summed E-state index contributed by atoms with van der Waals surface area (Å²) in [7, 11) is 0. The van der Waals surface area contributed by atoms with Crippen molar-refractivity contribution in [1.82, 2.24) is 14.5 Å². The summed E-state index contributed by atoms with van der Waals surface area (Å²) in [6.45, 7) is 4.77.